The highest BCUT2D eigenvalue weighted by Crippen LogP contribution is 2.32. The van der Waals surface area contributed by atoms with Gasteiger partial charge in [0.2, 0.25) is 0 Å². The molecule has 158 valence electrons. The zero-order valence-electron chi connectivity index (χ0n) is 16.2. The van der Waals surface area contributed by atoms with E-state index in [0.717, 1.165) is 12.8 Å². The Kier molecular flexibility index (Phi) is 7.75. The van der Waals surface area contributed by atoms with E-state index in [1.807, 2.05) is 6.92 Å². The normalized spacial score (nSPS) is 12.3. The fourth-order valence-corrected chi connectivity index (χ4v) is 2.68. The van der Waals surface area contributed by atoms with Crippen LogP contribution in [0.2, 0.25) is 0 Å². The molecule has 29 heavy (non-hydrogen) atoms. The highest BCUT2D eigenvalue weighted by atomic mass is 19.4. The standard InChI is InChI=1S/C21H23F3O5/c1-3-5-6-19(20(26)27-4-2)28-18-12-15(11-16(25)13-18)14-7-9-17(10-8-14)29-21(22,23)24/h7-13,19,25H,3-6H2,1-2H3. The molecule has 0 saturated heterocycles. The summed E-state index contributed by atoms with van der Waals surface area (Å²) >= 11 is 0. The van der Waals surface area contributed by atoms with Gasteiger partial charge in [-0.05, 0) is 55.2 Å². The topological polar surface area (TPSA) is 65.0 Å². The highest BCUT2D eigenvalue weighted by molar-refractivity contribution is 5.75. The minimum absolute atomic E-state index is 0.105. The summed E-state index contributed by atoms with van der Waals surface area (Å²) in [7, 11) is 0. The Labute approximate surface area is 167 Å². The molecule has 2 aromatic carbocycles. The molecule has 0 fully saturated rings. The van der Waals surface area contributed by atoms with Gasteiger partial charge in [0, 0.05) is 6.07 Å². The van der Waals surface area contributed by atoms with Gasteiger partial charge in [0.1, 0.15) is 17.2 Å². The summed E-state index contributed by atoms with van der Waals surface area (Å²) in [5.74, 6) is -0.685. The molecule has 0 saturated carbocycles. The number of carbonyl (C=O) groups is 1. The molecule has 8 heteroatoms. The summed E-state index contributed by atoms with van der Waals surface area (Å²) in [5.41, 5.74) is 1.05. The zero-order chi connectivity index (χ0) is 21.4. The molecule has 0 bridgehead atoms. The first-order chi connectivity index (χ1) is 13.7. The van der Waals surface area contributed by atoms with Gasteiger partial charge in [-0.1, -0.05) is 25.5 Å². The third kappa shape index (κ3) is 7.21. The number of carbonyl (C=O) groups excluding carboxylic acids is 1. The average Bonchev–Trinajstić information content (AvgIpc) is 2.64. The molecule has 0 aromatic heterocycles. The molecular weight excluding hydrogens is 389 g/mol. The molecule has 0 aliphatic rings. The van der Waals surface area contributed by atoms with Crippen molar-refractivity contribution in [1.82, 2.24) is 0 Å². The summed E-state index contributed by atoms with van der Waals surface area (Å²) < 4.78 is 51.5. The van der Waals surface area contributed by atoms with Crippen molar-refractivity contribution >= 4 is 5.97 Å². The Hall–Kier alpha value is -2.90. The van der Waals surface area contributed by atoms with Gasteiger partial charge in [-0.3, -0.25) is 0 Å². The van der Waals surface area contributed by atoms with Crippen molar-refractivity contribution in [2.24, 2.45) is 0 Å². The summed E-state index contributed by atoms with van der Waals surface area (Å²) in [5, 5.41) is 10.0. The first-order valence-electron chi connectivity index (χ1n) is 9.25. The molecule has 0 aliphatic carbocycles. The van der Waals surface area contributed by atoms with Crippen LogP contribution in [0, 0.1) is 0 Å². The summed E-state index contributed by atoms with van der Waals surface area (Å²) in [6.07, 6.45) is -3.49. The molecule has 2 rings (SSSR count). The smallest absolute Gasteiger partial charge is 0.508 e. The molecule has 0 heterocycles. The van der Waals surface area contributed by atoms with Gasteiger partial charge in [-0.25, -0.2) is 4.79 Å². The van der Waals surface area contributed by atoms with E-state index in [1.54, 1.807) is 13.0 Å². The second-order valence-corrected chi connectivity index (χ2v) is 6.29. The first-order valence-corrected chi connectivity index (χ1v) is 9.25. The fraction of sp³-hybridized carbons (Fsp3) is 0.381. The van der Waals surface area contributed by atoms with Gasteiger partial charge in [0.15, 0.2) is 6.10 Å². The number of phenolic OH excluding ortho intramolecular Hbond substituents is 1. The molecule has 0 radical (unpaired) electrons. The van der Waals surface area contributed by atoms with Gasteiger partial charge in [0.25, 0.3) is 0 Å². The largest absolute Gasteiger partial charge is 0.573 e. The molecule has 1 N–H and O–H groups in total. The SMILES string of the molecule is CCCCC(Oc1cc(O)cc(-c2ccc(OC(F)(F)F)cc2)c1)C(=O)OCC. The molecule has 5 nitrogen and oxygen atoms in total. The van der Waals surface area contributed by atoms with E-state index >= 15 is 0 Å². The average molecular weight is 412 g/mol. The van der Waals surface area contributed by atoms with Crippen LogP contribution in [0.3, 0.4) is 0 Å². The number of halogens is 3. The van der Waals surface area contributed by atoms with E-state index in [2.05, 4.69) is 4.74 Å². The zero-order valence-corrected chi connectivity index (χ0v) is 16.2. The summed E-state index contributed by atoms with van der Waals surface area (Å²) in [4.78, 5) is 12.1. The number of hydrogen-bond acceptors (Lipinski definition) is 5. The number of aromatic hydroxyl groups is 1. The van der Waals surface area contributed by atoms with Crippen LogP contribution in [0.5, 0.6) is 17.2 Å². The lowest BCUT2D eigenvalue weighted by Gasteiger charge is -2.18. The molecule has 2 aromatic rings. The number of hydrogen-bond donors (Lipinski definition) is 1. The number of benzene rings is 2. The van der Waals surface area contributed by atoms with Crippen LogP contribution in [-0.4, -0.2) is 30.1 Å². The predicted molar refractivity (Wildman–Crippen MR) is 101 cm³/mol. The molecule has 0 aliphatic heterocycles. The van der Waals surface area contributed by atoms with Crippen molar-refractivity contribution < 1.29 is 37.3 Å². The maximum atomic E-state index is 12.3. The van der Waals surface area contributed by atoms with Crippen LogP contribution in [0.4, 0.5) is 13.2 Å². The minimum atomic E-state index is -4.77. The van der Waals surface area contributed by atoms with Gasteiger partial charge in [0.05, 0.1) is 6.61 Å². The van der Waals surface area contributed by atoms with E-state index < -0.39 is 18.4 Å². The Balaban J connectivity index is 2.22. The van der Waals surface area contributed by atoms with Gasteiger partial charge in [-0.15, -0.1) is 13.2 Å². The predicted octanol–water partition coefficient (Wildman–Crippen LogP) is 5.46. The van der Waals surface area contributed by atoms with Crippen LogP contribution in [0.1, 0.15) is 33.1 Å². The minimum Gasteiger partial charge on any atom is -0.508 e. The van der Waals surface area contributed by atoms with Crippen molar-refractivity contribution in [3.63, 3.8) is 0 Å². The Morgan fingerprint density at radius 1 is 1.03 bits per heavy atom. The third-order valence-electron chi connectivity index (χ3n) is 3.96. The molecule has 0 spiro atoms. The van der Waals surface area contributed by atoms with Crippen molar-refractivity contribution in [1.29, 1.82) is 0 Å². The second-order valence-electron chi connectivity index (χ2n) is 6.29. The number of alkyl halides is 3. The van der Waals surface area contributed by atoms with Crippen molar-refractivity contribution in [3.8, 4) is 28.4 Å². The van der Waals surface area contributed by atoms with E-state index in [0.29, 0.717) is 17.5 Å². The van der Waals surface area contributed by atoms with E-state index in [-0.39, 0.29) is 23.9 Å². The van der Waals surface area contributed by atoms with E-state index in [1.165, 1.54) is 36.4 Å². The first kappa shape index (κ1) is 22.4. The second kappa shape index (κ2) is 10.0. The monoisotopic (exact) mass is 412 g/mol. The van der Waals surface area contributed by atoms with Crippen LogP contribution in [-0.2, 0) is 9.53 Å². The van der Waals surface area contributed by atoms with Crippen LogP contribution >= 0.6 is 0 Å². The van der Waals surface area contributed by atoms with Crippen molar-refractivity contribution in [2.45, 2.75) is 45.6 Å². The molecule has 1 atom stereocenters. The lowest BCUT2D eigenvalue weighted by Crippen LogP contribution is -2.29. The van der Waals surface area contributed by atoms with Crippen molar-refractivity contribution in [2.75, 3.05) is 6.61 Å². The quantitative estimate of drug-likeness (QED) is 0.554. The Morgan fingerprint density at radius 2 is 1.72 bits per heavy atom. The summed E-state index contributed by atoms with van der Waals surface area (Å²) in [6, 6.07) is 9.61. The fourth-order valence-electron chi connectivity index (χ4n) is 2.68. The highest BCUT2D eigenvalue weighted by Gasteiger charge is 2.31. The maximum Gasteiger partial charge on any atom is 0.573 e. The lowest BCUT2D eigenvalue weighted by molar-refractivity contribution is -0.274. The van der Waals surface area contributed by atoms with Crippen LogP contribution in [0.25, 0.3) is 11.1 Å². The lowest BCUT2D eigenvalue weighted by atomic mass is 10.0. The molecule has 0 amide bonds. The Morgan fingerprint density at radius 3 is 2.31 bits per heavy atom. The van der Waals surface area contributed by atoms with Crippen LogP contribution in [0.15, 0.2) is 42.5 Å². The number of ether oxygens (including phenoxy) is 3. The van der Waals surface area contributed by atoms with E-state index in [4.69, 9.17) is 9.47 Å². The molecule has 1 unspecified atom stereocenters. The van der Waals surface area contributed by atoms with Gasteiger partial charge in [-0.2, -0.15) is 0 Å². The maximum absolute atomic E-state index is 12.3. The number of rotatable bonds is 9. The van der Waals surface area contributed by atoms with E-state index in [9.17, 15) is 23.1 Å². The van der Waals surface area contributed by atoms with Crippen molar-refractivity contribution in [3.05, 3.63) is 42.5 Å². The number of unbranched alkanes of at least 4 members (excludes halogenated alkanes) is 1. The number of phenols is 1. The number of esters is 1. The summed E-state index contributed by atoms with van der Waals surface area (Å²) in [6.45, 7) is 3.91. The Bertz CT molecular complexity index is 803. The van der Waals surface area contributed by atoms with Gasteiger partial charge >= 0.3 is 12.3 Å². The molecular formula is C21H23F3O5. The van der Waals surface area contributed by atoms with Gasteiger partial charge < -0.3 is 19.3 Å². The van der Waals surface area contributed by atoms with Crippen LogP contribution < -0.4 is 9.47 Å². The third-order valence-corrected chi connectivity index (χ3v) is 3.96.